The van der Waals surface area contributed by atoms with Crippen molar-refractivity contribution >= 4 is 21.6 Å². The van der Waals surface area contributed by atoms with Gasteiger partial charge in [-0.2, -0.15) is 9.57 Å². The van der Waals surface area contributed by atoms with Crippen LogP contribution in [0.25, 0.3) is 0 Å². The third kappa shape index (κ3) is 4.75. The molecule has 0 saturated carbocycles. The lowest BCUT2D eigenvalue weighted by Gasteiger charge is -2.21. The maximum absolute atomic E-state index is 13.2. The zero-order valence-electron chi connectivity index (χ0n) is 16.2. The topological polar surface area (TPSA) is 99.5 Å². The Kier molecular flexibility index (Phi) is 6.52. The summed E-state index contributed by atoms with van der Waals surface area (Å²) in [5.74, 6) is -0.228. The molecule has 29 heavy (non-hydrogen) atoms. The number of rotatable bonds is 5. The summed E-state index contributed by atoms with van der Waals surface area (Å²) in [6.45, 7) is 0.931. The van der Waals surface area contributed by atoms with Crippen molar-refractivity contribution in [3.8, 4) is 11.8 Å². The predicted molar refractivity (Wildman–Crippen MR) is 109 cm³/mol. The van der Waals surface area contributed by atoms with Gasteiger partial charge in [-0.1, -0.05) is 12.8 Å². The Labute approximate surface area is 171 Å². The van der Waals surface area contributed by atoms with Gasteiger partial charge in [-0.3, -0.25) is 4.79 Å². The molecule has 1 saturated heterocycles. The SMILES string of the molecule is COc1ccc(C(=O)Nc2ccc(C#N)cc2)cc1S(=O)(=O)N1CCCCCC1. The highest BCUT2D eigenvalue weighted by Crippen LogP contribution is 2.29. The molecule has 1 N–H and O–H groups in total. The molecule has 152 valence electrons. The van der Waals surface area contributed by atoms with Gasteiger partial charge in [-0.05, 0) is 55.3 Å². The Bertz CT molecular complexity index is 1020. The first-order valence-corrected chi connectivity index (χ1v) is 10.9. The van der Waals surface area contributed by atoms with Crippen molar-refractivity contribution in [2.75, 3.05) is 25.5 Å². The van der Waals surface area contributed by atoms with Crippen molar-refractivity contribution < 1.29 is 17.9 Å². The monoisotopic (exact) mass is 413 g/mol. The molecule has 0 aliphatic carbocycles. The molecule has 2 aromatic carbocycles. The highest BCUT2D eigenvalue weighted by atomic mass is 32.2. The number of hydrogen-bond donors (Lipinski definition) is 1. The predicted octanol–water partition coefficient (Wildman–Crippen LogP) is 3.38. The van der Waals surface area contributed by atoms with Gasteiger partial charge in [0.25, 0.3) is 5.91 Å². The van der Waals surface area contributed by atoms with Crippen LogP contribution in [-0.4, -0.2) is 38.8 Å². The minimum Gasteiger partial charge on any atom is -0.495 e. The largest absolute Gasteiger partial charge is 0.495 e. The van der Waals surface area contributed by atoms with Gasteiger partial charge in [0.15, 0.2) is 0 Å². The van der Waals surface area contributed by atoms with Crippen LogP contribution in [0.1, 0.15) is 41.6 Å². The van der Waals surface area contributed by atoms with Crippen molar-refractivity contribution in [1.29, 1.82) is 5.26 Å². The van der Waals surface area contributed by atoms with Gasteiger partial charge in [0, 0.05) is 24.3 Å². The van der Waals surface area contributed by atoms with E-state index in [0.717, 1.165) is 25.7 Å². The van der Waals surface area contributed by atoms with Crippen molar-refractivity contribution in [2.45, 2.75) is 30.6 Å². The molecule has 1 aliphatic heterocycles. The average Bonchev–Trinajstić information content (AvgIpc) is 3.04. The molecule has 7 nitrogen and oxygen atoms in total. The molecule has 8 heteroatoms. The quantitative estimate of drug-likeness (QED) is 0.810. The number of anilines is 1. The number of ether oxygens (including phenoxy) is 1. The van der Waals surface area contributed by atoms with Gasteiger partial charge in [0.05, 0.1) is 18.7 Å². The standard InChI is InChI=1S/C21H23N3O4S/c1-28-19-11-8-17(21(25)23-18-9-6-16(15-22)7-10-18)14-20(19)29(26,27)24-12-4-2-3-5-13-24/h6-11,14H,2-5,12-13H2,1H3,(H,23,25). The van der Waals surface area contributed by atoms with E-state index < -0.39 is 15.9 Å². The number of methoxy groups -OCH3 is 1. The molecule has 0 aromatic heterocycles. The average molecular weight is 413 g/mol. The summed E-state index contributed by atoms with van der Waals surface area (Å²) in [5, 5.41) is 11.6. The summed E-state index contributed by atoms with van der Waals surface area (Å²) in [6, 6.07) is 12.8. The van der Waals surface area contributed by atoms with Crippen LogP contribution in [0.3, 0.4) is 0 Å². The van der Waals surface area contributed by atoms with E-state index in [4.69, 9.17) is 10.00 Å². The maximum Gasteiger partial charge on any atom is 0.255 e. The molecular weight excluding hydrogens is 390 g/mol. The first kappa shape index (κ1) is 20.8. The summed E-state index contributed by atoms with van der Waals surface area (Å²) < 4.78 is 33.2. The first-order chi connectivity index (χ1) is 14.0. The van der Waals surface area contributed by atoms with E-state index in [2.05, 4.69) is 5.32 Å². The maximum atomic E-state index is 13.2. The zero-order valence-corrected chi connectivity index (χ0v) is 17.0. The number of amides is 1. The number of sulfonamides is 1. The molecule has 3 rings (SSSR count). The van der Waals surface area contributed by atoms with Gasteiger partial charge >= 0.3 is 0 Å². The van der Waals surface area contributed by atoms with Crippen LogP contribution in [0.5, 0.6) is 5.75 Å². The molecule has 1 heterocycles. The van der Waals surface area contributed by atoms with E-state index >= 15 is 0 Å². The smallest absolute Gasteiger partial charge is 0.255 e. The minimum atomic E-state index is -3.77. The fourth-order valence-corrected chi connectivity index (χ4v) is 4.97. The van der Waals surface area contributed by atoms with Crippen LogP contribution in [0, 0.1) is 11.3 Å². The van der Waals surface area contributed by atoms with Crippen LogP contribution in [0.2, 0.25) is 0 Å². The van der Waals surface area contributed by atoms with Crippen molar-refractivity contribution in [1.82, 2.24) is 4.31 Å². The van der Waals surface area contributed by atoms with E-state index in [1.165, 1.54) is 29.6 Å². The fraction of sp³-hybridized carbons (Fsp3) is 0.333. The Hall–Kier alpha value is -2.89. The van der Waals surface area contributed by atoms with Crippen molar-refractivity contribution in [3.05, 3.63) is 53.6 Å². The molecule has 1 aliphatic rings. The Balaban J connectivity index is 1.89. The second-order valence-corrected chi connectivity index (χ2v) is 8.73. The molecule has 2 aromatic rings. The molecule has 1 amide bonds. The van der Waals surface area contributed by atoms with Gasteiger partial charge in [-0.25, -0.2) is 8.42 Å². The molecular formula is C21H23N3O4S. The van der Waals surface area contributed by atoms with Crippen LogP contribution in [0.15, 0.2) is 47.4 Å². The Morgan fingerprint density at radius 1 is 1.07 bits per heavy atom. The molecule has 0 unspecified atom stereocenters. The molecule has 1 fully saturated rings. The van der Waals surface area contributed by atoms with Crippen LogP contribution in [0.4, 0.5) is 5.69 Å². The lowest BCUT2D eigenvalue weighted by atomic mass is 10.2. The normalized spacial score (nSPS) is 15.2. The molecule has 0 radical (unpaired) electrons. The summed E-state index contributed by atoms with van der Waals surface area (Å²) in [5.41, 5.74) is 1.21. The van der Waals surface area contributed by atoms with E-state index in [1.54, 1.807) is 24.3 Å². The second-order valence-electron chi connectivity index (χ2n) is 6.83. The van der Waals surface area contributed by atoms with Crippen molar-refractivity contribution in [3.63, 3.8) is 0 Å². The lowest BCUT2D eigenvalue weighted by Crippen LogP contribution is -2.32. The van der Waals surface area contributed by atoms with E-state index in [-0.39, 0.29) is 16.2 Å². The fourth-order valence-electron chi connectivity index (χ4n) is 3.27. The first-order valence-electron chi connectivity index (χ1n) is 9.45. The molecule has 0 bridgehead atoms. The number of hydrogen-bond acceptors (Lipinski definition) is 5. The lowest BCUT2D eigenvalue weighted by molar-refractivity contribution is 0.102. The third-order valence-electron chi connectivity index (χ3n) is 4.88. The highest BCUT2D eigenvalue weighted by molar-refractivity contribution is 7.89. The number of benzene rings is 2. The van der Waals surface area contributed by atoms with E-state index in [1.807, 2.05) is 6.07 Å². The van der Waals surface area contributed by atoms with Crippen LogP contribution < -0.4 is 10.1 Å². The summed E-state index contributed by atoms with van der Waals surface area (Å²) in [4.78, 5) is 12.6. The minimum absolute atomic E-state index is 0.00521. The Morgan fingerprint density at radius 2 is 1.72 bits per heavy atom. The number of carbonyl (C=O) groups excluding carboxylic acids is 1. The van der Waals surface area contributed by atoms with Gasteiger partial charge in [0.1, 0.15) is 10.6 Å². The molecule has 0 atom stereocenters. The summed E-state index contributed by atoms with van der Waals surface area (Å²) >= 11 is 0. The number of nitrogens with zero attached hydrogens (tertiary/aromatic N) is 2. The van der Waals surface area contributed by atoms with Crippen LogP contribution >= 0.6 is 0 Å². The van der Waals surface area contributed by atoms with Gasteiger partial charge in [-0.15, -0.1) is 0 Å². The van der Waals surface area contributed by atoms with Gasteiger partial charge < -0.3 is 10.1 Å². The summed E-state index contributed by atoms with van der Waals surface area (Å²) in [6.07, 6.45) is 3.66. The van der Waals surface area contributed by atoms with E-state index in [0.29, 0.717) is 24.3 Å². The number of nitrogens with one attached hydrogen (secondary N) is 1. The Morgan fingerprint density at radius 3 is 2.31 bits per heavy atom. The molecule has 0 spiro atoms. The van der Waals surface area contributed by atoms with Crippen LogP contribution in [-0.2, 0) is 10.0 Å². The summed E-state index contributed by atoms with van der Waals surface area (Å²) in [7, 11) is -2.36. The number of carbonyl (C=O) groups is 1. The number of nitriles is 1. The van der Waals surface area contributed by atoms with Crippen molar-refractivity contribution in [2.24, 2.45) is 0 Å². The highest BCUT2D eigenvalue weighted by Gasteiger charge is 2.29. The second kappa shape index (κ2) is 9.07. The van der Waals surface area contributed by atoms with Gasteiger partial charge in [0.2, 0.25) is 10.0 Å². The third-order valence-corrected chi connectivity index (χ3v) is 6.80. The van der Waals surface area contributed by atoms with E-state index in [9.17, 15) is 13.2 Å². The zero-order chi connectivity index (χ0) is 20.9.